The van der Waals surface area contributed by atoms with Crippen molar-refractivity contribution in [3.63, 3.8) is 0 Å². The summed E-state index contributed by atoms with van der Waals surface area (Å²) in [6.07, 6.45) is 2.33. The molecule has 0 radical (unpaired) electrons. The van der Waals surface area contributed by atoms with Gasteiger partial charge in [0.05, 0.1) is 18.4 Å². The summed E-state index contributed by atoms with van der Waals surface area (Å²) < 4.78 is 6.25. The minimum atomic E-state index is -0.407. The predicted octanol–water partition coefficient (Wildman–Crippen LogP) is 1.54. The van der Waals surface area contributed by atoms with Crippen molar-refractivity contribution in [1.82, 2.24) is 4.40 Å². The van der Waals surface area contributed by atoms with E-state index in [9.17, 15) is 9.59 Å². The van der Waals surface area contributed by atoms with E-state index < -0.39 is 5.97 Å². The monoisotopic (exact) mass is 203 g/mol. The summed E-state index contributed by atoms with van der Waals surface area (Å²) in [5.74, 6) is -0.407. The third-order valence-corrected chi connectivity index (χ3v) is 2.20. The summed E-state index contributed by atoms with van der Waals surface area (Å²) in [5.41, 5.74) is 1.73. The van der Waals surface area contributed by atoms with Gasteiger partial charge in [-0.15, -0.1) is 0 Å². The normalized spacial score (nSPS) is 10.2. The van der Waals surface area contributed by atoms with Gasteiger partial charge in [0.1, 0.15) is 0 Å². The molecular formula is C11H9NO3. The first-order chi connectivity index (χ1) is 7.26. The molecule has 0 fully saturated rings. The molecule has 2 rings (SSSR count). The molecule has 76 valence electrons. The van der Waals surface area contributed by atoms with Crippen LogP contribution >= 0.6 is 0 Å². The Hall–Kier alpha value is -2.10. The van der Waals surface area contributed by atoms with Crippen molar-refractivity contribution in [1.29, 1.82) is 0 Å². The molecule has 0 unspecified atom stereocenters. The lowest BCUT2D eigenvalue weighted by Crippen LogP contribution is -1.99. The highest BCUT2D eigenvalue weighted by Gasteiger charge is 2.09. The fourth-order valence-electron chi connectivity index (χ4n) is 1.48. The molecule has 2 heterocycles. The lowest BCUT2D eigenvalue weighted by Gasteiger charge is -1.96. The van der Waals surface area contributed by atoms with Gasteiger partial charge in [-0.1, -0.05) is 6.07 Å². The van der Waals surface area contributed by atoms with Crippen molar-refractivity contribution in [3.8, 4) is 0 Å². The number of esters is 1. The second-order valence-corrected chi connectivity index (χ2v) is 3.08. The van der Waals surface area contributed by atoms with Crippen molar-refractivity contribution >= 4 is 17.8 Å². The van der Waals surface area contributed by atoms with E-state index in [1.807, 2.05) is 6.07 Å². The number of rotatable bonds is 2. The number of hydrogen-bond acceptors (Lipinski definition) is 3. The molecule has 15 heavy (non-hydrogen) atoms. The molecule has 0 aliphatic carbocycles. The molecule has 2 aromatic rings. The highest BCUT2D eigenvalue weighted by atomic mass is 16.5. The minimum absolute atomic E-state index is 0.407. The number of aromatic nitrogens is 1. The minimum Gasteiger partial charge on any atom is -0.465 e. The Balaban J connectivity index is 2.65. The zero-order valence-electron chi connectivity index (χ0n) is 8.14. The molecule has 2 aromatic heterocycles. The number of fused-ring (bicyclic) bond motifs is 1. The highest BCUT2D eigenvalue weighted by Crippen LogP contribution is 2.12. The number of ether oxygens (including phenoxy) is 1. The van der Waals surface area contributed by atoms with Gasteiger partial charge in [0, 0.05) is 11.7 Å². The molecule has 0 aliphatic rings. The number of carbonyl (C=O) groups is 2. The molecule has 0 bridgehead atoms. The Bertz CT molecular complexity index is 528. The van der Waals surface area contributed by atoms with Crippen LogP contribution in [0.25, 0.3) is 5.52 Å². The first kappa shape index (κ1) is 9.45. The van der Waals surface area contributed by atoms with Gasteiger partial charge >= 0.3 is 5.97 Å². The van der Waals surface area contributed by atoms with Crippen molar-refractivity contribution in [2.24, 2.45) is 0 Å². The first-order valence-electron chi connectivity index (χ1n) is 4.41. The number of pyridine rings is 1. The van der Waals surface area contributed by atoms with E-state index in [1.165, 1.54) is 7.11 Å². The highest BCUT2D eigenvalue weighted by molar-refractivity contribution is 5.91. The largest absolute Gasteiger partial charge is 0.465 e. The van der Waals surface area contributed by atoms with Crippen LogP contribution in [0.4, 0.5) is 0 Å². The van der Waals surface area contributed by atoms with E-state index in [0.717, 1.165) is 11.8 Å². The Morgan fingerprint density at radius 3 is 2.93 bits per heavy atom. The summed E-state index contributed by atoms with van der Waals surface area (Å²) >= 11 is 0. The van der Waals surface area contributed by atoms with Crippen molar-refractivity contribution in [2.75, 3.05) is 7.11 Å². The second-order valence-electron chi connectivity index (χ2n) is 3.08. The molecule has 0 saturated carbocycles. The van der Waals surface area contributed by atoms with Gasteiger partial charge in [-0.2, -0.15) is 0 Å². The molecule has 0 atom stereocenters. The van der Waals surface area contributed by atoms with Crippen LogP contribution in [0.3, 0.4) is 0 Å². The summed E-state index contributed by atoms with van der Waals surface area (Å²) in [5, 5.41) is 0. The fourth-order valence-corrected chi connectivity index (χ4v) is 1.48. The van der Waals surface area contributed by atoms with Gasteiger partial charge in [0.15, 0.2) is 6.29 Å². The zero-order chi connectivity index (χ0) is 10.8. The average Bonchev–Trinajstić information content (AvgIpc) is 2.71. The van der Waals surface area contributed by atoms with Crippen molar-refractivity contribution in [3.05, 3.63) is 41.7 Å². The maximum atomic E-state index is 11.3. The van der Waals surface area contributed by atoms with Crippen LogP contribution in [0.5, 0.6) is 0 Å². The Labute approximate surface area is 86.1 Å². The van der Waals surface area contributed by atoms with Crippen LogP contribution in [0, 0.1) is 0 Å². The van der Waals surface area contributed by atoms with Gasteiger partial charge in [0.2, 0.25) is 0 Å². The van der Waals surface area contributed by atoms with Crippen molar-refractivity contribution in [2.45, 2.75) is 0 Å². The first-order valence-corrected chi connectivity index (χ1v) is 4.41. The molecule has 0 N–H and O–H groups in total. The van der Waals surface area contributed by atoms with Crippen LogP contribution in [-0.4, -0.2) is 23.8 Å². The lowest BCUT2D eigenvalue weighted by atomic mass is 10.3. The summed E-state index contributed by atoms with van der Waals surface area (Å²) in [6.45, 7) is 0. The average molecular weight is 203 g/mol. The molecular weight excluding hydrogens is 194 g/mol. The van der Waals surface area contributed by atoms with Crippen LogP contribution in [0.1, 0.15) is 20.8 Å². The summed E-state index contributed by atoms with van der Waals surface area (Å²) in [7, 11) is 1.32. The summed E-state index contributed by atoms with van der Waals surface area (Å²) in [6, 6.07) is 6.94. The van der Waals surface area contributed by atoms with E-state index in [1.54, 1.807) is 28.8 Å². The van der Waals surface area contributed by atoms with E-state index in [2.05, 4.69) is 4.74 Å². The molecule has 0 amide bonds. The van der Waals surface area contributed by atoms with E-state index >= 15 is 0 Å². The molecule has 4 heteroatoms. The second kappa shape index (κ2) is 3.57. The standard InChI is InChI=1S/C11H9NO3/c1-15-11(14)8-5-9-3-2-4-10(7-13)12(9)6-8/h2-7H,1H3. The quantitative estimate of drug-likeness (QED) is 0.549. The van der Waals surface area contributed by atoms with E-state index in [-0.39, 0.29) is 0 Å². The molecule has 4 nitrogen and oxygen atoms in total. The Morgan fingerprint density at radius 2 is 2.27 bits per heavy atom. The van der Waals surface area contributed by atoms with Crippen LogP contribution in [0.2, 0.25) is 0 Å². The SMILES string of the molecule is COC(=O)c1cc2cccc(C=O)n2c1. The number of nitrogens with zero attached hydrogens (tertiary/aromatic N) is 1. The number of aldehydes is 1. The molecule has 0 aliphatic heterocycles. The Kier molecular flexibility index (Phi) is 2.25. The van der Waals surface area contributed by atoms with Gasteiger partial charge in [0.25, 0.3) is 0 Å². The van der Waals surface area contributed by atoms with Gasteiger partial charge in [-0.05, 0) is 18.2 Å². The third kappa shape index (κ3) is 1.50. The topological polar surface area (TPSA) is 47.8 Å². The lowest BCUT2D eigenvalue weighted by molar-refractivity contribution is 0.0600. The predicted molar refractivity (Wildman–Crippen MR) is 54.1 cm³/mol. The maximum absolute atomic E-state index is 11.3. The number of carbonyl (C=O) groups excluding carboxylic acids is 2. The number of methoxy groups -OCH3 is 1. The van der Waals surface area contributed by atoms with Gasteiger partial charge in [-0.3, -0.25) is 4.79 Å². The maximum Gasteiger partial charge on any atom is 0.339 e. The van der Waals surface area contributed by atoms with Gasteiger partial charge in [-0.25, -0.2) is 4.79 Å². The van der Waals surface area contributed by atoms with E-state index in [0.29, 0.717) is 11.3 Å². The van der Waals surface area contributed by atoms with Gasteiger partial charge < -0.3 is 9.14 Å². The molecule has 0 saturated heterocycles. The van der Waals surface area contributed by atoms with Crippen LogP contribution < -0.4 is 0 Å². The summed E-state index contributed by atoms with van der Waals surface area (Å²) in [4.78, 5) is 22.0. The smallest absolute Gasteiger partial charge is 0.339 e. The Morgan fingerprint density at radius 1 is 1.47 bits per heavy atom. The fraction of sp³-hybridized carbons (Fsp3) is 0.0909. The van der Waals surface area contributed by atoms with Crippen molar-refractivity contribution < 1.29 is 14.3 Å². The molecule has 0 spiro atoms. The zero-order valence-corrected chi connectivity index (χ0v) is 8.14. The third-order valence-electron chi connectivity index (χ3n) is 2.20. The van der Waals surface area contributed by atoms with Crippen LogP contribution in [-0.2, 0) is 4.74 Å². The number of hydrogen-bond donors (Lipinski definition) is 0. The van der Waals surface area contributed by atoms with E-state index in [4.69, 9.17) is 0 Å². The van der Waals surface area contributed by atoms with Crippen LogP contribution in [0.15, 0.2) is 30.5 Å². The molecule has 0 aromatic carbocycles.